The van der Waals surface area contributed by atoms with Crippen LogP contribution in [-0.2, 0) is 0 Å². The highest BCUT2D eigenvalue weighted by Crippen LogP contribution is 2.34. The van der Waals surface area contributed by atoms with Crippen LogP contribution in [0.25, 0.3) is 0 Å². The molecule has 2 aliphatic rings. The standard InChI is InChI=1S/C13H26N2/c1-3-11-6-8-15(9-7-11)13-5-4-12(13)10-14-2/h11-14H,3-10H2,1-2H3. The number of nitrogens with zero attached hydrogens (tertiary/aromatic N) is 1. The van der Waals surface area contributed by atoms with Gasteiger partial charge in [-0.1, -0.05) is 13.3 Å². The zero-order valence-electron chi connectivity index (χ0n) is 10.3. The molecule has 1 aliphatic heterocycles. The smallest absolute Gasteiger partial charge is 0.0136 e. The lowest BCUT2D eigenvalue weighted by Gasteiger charge is -2.47. The first kappa shape index (κ1) is 11.4. The molecule has 2 rings (SSSR count). The summed E-state index contributed by atoms with van der Waals surface area (Å²) in [5, 5.41) is 3.33. The van der Waals surface area contributed by atoms with Crippen molar-refractivity contribution in [3.8, 4) is 0 Å². The Morgan fingerprint density at radius 1 is 1.13 bits per heavy atom. The van der Waals surface area contributed by atoms with Crippen LogP contribution in [0.1, 0.15) is 39.0 Å². The molecule has 0 amide bonds. The normalized spacial score (nSPS) is 34.0. The third-order valence-electron chi connectivity index (χ3n) is 4.54. The highest BCUT2D eigenvalue weighted by atomic mass is 15.2. The Balaban J connectivity index is 1.75. The molecule has 88 valence electrons. The van der Waals surface area contributed by atoms with Crippen molar-refractivity contribution >= 4 is 0 Å². The largest absolute Gasteiger partial charge is 0.319 e. The van der Waals surface area contributed by atoms with Crippen molar-refractivity contribution in [1.82, 2.24) is 10.2 Å². The van der Waals surface area contributed by atoms with Gasteiger partial charge in [0.15, 0.2) is 0 Å². The molecule has 15 heavy (non-hydrogen) atoms. The fraction of sp³-hybridized carbons (Fsp3) is 1.00. The summed E-state index contributed by atoms with van der Waals surface area (Å²) in [6.45, 7) is 6.29. The molecule has 2 heteroatoms. The van der Waals surface area contributed by atoms with E-state index in [9.17, 15) is 0 Å². The first-order chi connectivity index (χ1) is 7.35. The average Bonchev–Trinajstić information content (AvgIpc) is 2.25. The Morgan fingerprint density at radius 3 is 2.33 bits per heavy atom. The number of nitrogens with one attached hydrogen (secondary N) is 1. The number of hydrogen-bond donors (Lipinski definition) is 1. The number of likely N-dealkylation sites (tertiary alicyclic amines) is 1. The van der Waals surface area contributed by atoms with Gasteiger partial charge < -0.3 is 10.2 Å². The van der Waals surface area contributed by atoms with Gasteiger partial charge in [0, 0.05) is 6.04 Å². The fourth-order valence-corrected chi connectivity index (χ4v) is 3.23. The van der Waals surface area contributed by atoms with Gasteiger partial charge >= 0.3 is 0 Å². The van der Waals surface area contributed by atoms with Crippen LogP contribution in [0.3, 0.4) is 0 Å². The summed E-state index contributed by atoms with van der Waals surface area (Å²) in [5.41, 5.74) is 0. The van der Waals surface area contributed by atoms with Crippen molar-refractivity contribution in [2.24, 2.45) is 11.8 Å². The predicted molar refractivity (Wildman–Crippen MR) is 65.0 cm³/mol. The van der Waals surface area contributed by atoms with Gasteiger partial charge in [-0.05, 0) is 64.2 Å². The van der Waals surface area contributed by atoms with Crippen molar-refractivity contribution < 1.29 is 0 Å². The van der Waals surface area contributed by atoms with Crippen LogP contribution in [0.5, 0.6) is 0 Å². The third-order valence-corrected chi connectivity index (χ3v) is 4.54. The Bertz CT molecular complexity index is 185. The Morgan fingerprint density at radius 2 is 1.87 bits per heavy atom. The quantitative estimate of drug-likeness (QED) is 0.764. The molecular formula is C13H26N2. The molecule has 1 N–H and O–H groups in total. The highest BCUT2D eigenvalue weighted by Gasteiger charge is 2.36. The van der Waals surface area contributed by atoms with Gasteiger partial charge in [0.1, 0.15) is 0 Å². The molecule has 0 radical (unpaired) electrons. The molecule has 1 aliphatic carbocycles. The maximum Gasteiger partial charge on any atom is 0.0136 e. The van der Waals surface area contributed by atoms with E-state index in [1.54, 1.807) is 0 Å². The molecule has 0 spiro atoms. The Labute approximate surface area is 94.4 Å². The van der Waals surface area contributed by atoms with Crippen LogP contribution >= 0.6 is 0 Å². The summed E-state index contributed by atoms with van der Waals surface area (Å²) in [4.78, 5) is 2.76. The fourth-order valence-electron chi connectivity index (χ4n) is 3.23. The summed E-state index contributed by atoms with van der Waals surface area (Å²) >= 11 is 0. The first-order valence-corrected chi connectivity index (χ1v) is 6.73. The lowest BCUT2D eigenvalue weighted by molar-refractivity contribution is 0.0347. The van der Waals surface area contributed by atoms with Gasteiger partial charge in [0.2, 0.25) is 0 Å². The van der Waals surface area contributed by atoms with Gasteiger partial charge in [-0.25, -0.2) is 0 Å². The van der Waals surface area contributed by atoms with Gasteiger partial charge in [-0.15, -0.1) is 0 Å². The van der Waals surface area contributed by atoms with E-state index in [-0.39, 0.29) is 0 Å². The predicted octanol–water partition coefficient (Wildman–Crippen LogP) is 2.11. The Kier molecular flexibility index (Phi) is 4.04. The van der Waals surface area contributed by atoms with E-state index in [1.807, 2.05) is 0 Å². The van der Waals surface area contributed by atoms with Gasteiger partial charge in [0.25, 0.3) is 0 Å². The summed E-state index contributed by atoms with van der Waals surface area (Å²) < 4.78 is 0. The van der Waals surface area contributed by atoms with E-state index < -0.39 is 0 Å². The van der Waals surface area contributed by atoms with Crippen LogP contribution in [-0.4, -0.2) is 37.6 Å². The molecule has 0 aromatic carbocycles. The minimum Gasteiger partial charge on any atom is -0.319 e. The number of piperidine rings is 1. The zero-order chi connectivity index (χ0) is 10.7. The van der Waals surface area contributed by atoms with E-state index in [1.165, 1.54) is 51.7 Å². The van der Waals surface area contributed by atoms with Crippen molar-refractivity contribution in [1.29, 1.82) is 0 Å². The molecule has 2 nitrogen and oxygen atoms in total. The molecule has 1 saturated heterocycles. The second-order valence-electron chi connectivity index (χ2n) is 5.35. The highest BCUT2D eigenvalue weighted by molar-refractivity contribution is 4.91. The molecule has 2 unspecified atom stereocenters. The van der Waals surface area contributed by atoms with Crippen molar-refractivity contribution in [3.63, 3.8) is 0 Å². The van der Waals surface area contributed by atoms with Crippen LogP contribution in [0.4, 0.5) is 0 Å². The minimum atomic E-state index is 0.912. The number of hydrogen-bond acceptors (Lipinski definition) is 2. The van der Waals surface area contributed by atoms with Gasteiger partial charge in [0.05, 0.1) is 0 Å². The molecule has 2 fully saturated rings. The summed E-state index contributed by atoms with van der Waals surface area (Å²) in [6, 6.07) is 0.912. The van der Waals surface area contributed by atoms with E-state index >= 15 is 0 Å². The Hall–Kier alpha value is -0.0800. The molecular weight excluding hydrogens is 184 g/mol. The third kappa shape index (κ3) is 2.54. The summed E-state index contributed by atoms with van der Waals surface area (Å²) in [6.07, 6.45) is 7.17. The van der Waals surface area contributed by atoms with Gasteiger partial charge in [-0.3, -0.25) is 0 Å². The summed E-state index contributed by atoms with van der Waals surface area (Å²) in [5.74, 6) is 1.96. The van der Waals surface area contributed by atoms with Crippen LogP contribution in [0, 0.1) is 11.8 Å². The maximum atomic E-state index is 3.33. The molecule has 0 bridgehead atoms. The molecule has 1 saturated carbocycles. The SMILES string of the molecule is CCC1CCN(C2CCC2CNC)CC1. The first-order valence-electron chi connectivity index (χ1n) is 6.73. The molecule has 0 aromatic heterocycles. The monoisotopic (exact) mass is 210 g/mol. The van der Waals surface area contributed by atoms with Crippen LogP contribution < -0.4 is 5.32 Å². The molecule has 2 atom stereocenters. The minimum absolute atomic E-state index is 0.912. The second kappa shape index (κ2) is 5.31. The lowest BCUT2D eigenvalue weighted by atomic mass is 9.77. The number of rotatable bonds is 4. The van der Waals surface area contributed by atoms with Gasteiger partial charge in [-0.2, -0.15) is 0 Å². The topological polar surface area (TPSA) is 15.3 Å². The van der Waals surface area contributed by atoms with Crippen molar-refractivity contribution in [3.05, 3.63) is 0 Å². The molecule has 1 heterocycles. The van der Waals surface area contributed by atoms with Crippen LogP contribution in [0.2, 0.25) is 0 Å². The zero-order valence-corrected chi connectivity index (χ0v) is 10.3. The van der Waals surface area contributed by atoms with Crippen molar-refractivity contribution in [2.45, 2.75) is 45.1 Å². The van der Waals surface area contributed by atoms with Crippen molar-refractivity contribution in [2.75, 3.05) is 26.7 Å². The van der Waals surface area contributed by atoms with E-state index in [0.717, 1.165) is 17.9 Å². The van der Waals surface area contributed by atoms with E-state index in [2.05, 4.69) is 24.2 Å². The van der Waals surface area contributed by atoms with E-state index in [4.69, 9.17) is 0 Å². The van der Waals surface area contributed by atoms with E-state index in [0.29, 0.717) is 0 Å². The summed E-state index contributed by atoms with van der Waals surface area (Å²) in [7, 11) is 2.08. The lowest BCUT2D eigenvalue weighted by Crippen LogP contribution is -2.52. The van der Waals surface area contributed by atoms with Crippen LogP contribution in [0.15, 0.2) is 0 Å². The average molecular weight is 210 g/mol. The second-order valence-corrected chi connectivity index (χ2v) is 5.35. The maximum absolute atomic E-state index is 3.33. The molecule has 0 aromatic rings.